The van der Waals surface area contributed by atoms with Crippen LogP contribution in [0, 0.1) is 0 Å². The van der Waals surface area contributed by atoms with Crippen LogP contribution >= 0.6 is 35.0 Å². The summed E-state index contributed by atoms with van der Waals surface area (Å²) in [4.78, 5) is 5.22. The number of aromatic nitrogens is 1. The van der Waals surface area contributed by atoms with Crippen molar-refractivity contribution in [3.8, 4) is 0 Å². The first kappa shape index (κ1) is 12.0. The van der Waals surface area contributed by atoms with Crippen molar-refractivity contribution in [1.82, 2.24) is 4.98 Å². The molecule has 2 rings (SSSR count). The van der Waals surface area contributed by atoms with E-state index < -0.39 is 0 Å². The van der Waals surface area contributed by atoms with Crippen molar-refractivity contribution in [3.05, 3.63) is 34.4 Å². The average molecular weight is 272 g/mol. The monoisotopic (exact) mass is 271 g/mol. The molecule has 4 heteroatoms. The first-order valence-corrected chi connectivity index (χ1v) is 6.63. The Kier molecular flexibility index (Phi) is 3.63. The number of thioether (sulfide) groups is 1. The smallest absolute Gasteiger partial charge is 0.144 e. The van der Waals surface area contributed by atoms with Gasteiger partial charge < -0.3 is 0 Å². The van der Waals surface area contributed by atoms with Gasteiger partial charge in [-0.3, -0.25) is 0 Å². The molecular formula is C12H11Cl2NS. The van der Waals surface area contributed by atoms with Crippen molar-refractivity contribution in [2.75, 3.05) is 0 Å². The number of benzene rings is 1. The van der Waals surface area contributed by atoms with Crippen LogP contribution in [-0.4, -0.2) is 10.2 Å². The van der Waals surface area contributed by atoms with Crippen LogP contribution in [0.4, 0.5) is 0 Å². The lowest BCUT2D eigenvalue weighted by molar-refractivity contribution is 1.11. The van der Waals surface area contributed by atoms with E-state index in [0.29, 0.717) is 15.4 Å². The van der Waals surface area contributed by atoms with Gasteiger partial charge in [-0.2, -0.15) is 0 Å². The third kappa shape index (κ3) is 2.29. The average Bonchev–Trinajstić information content (AvgIpc) is 2.24. The Labute approximate surface area is 109 Å². The zero-order valence-electron chi connectivity index (χ0n) is 9.00. The standard InChI is InChI=1S/C12H11Cl2NS/c1-7(2)16-11-10(13)8-5-3-4-6-9(8)15-12(11)14/h3-7H,1-2H3. The Morgan fingerprint density at radius 1 is 1.19 bits per heavy atom. The molecule has 84 valence electrons. The van der Waals surface area contributed by atoms with E-state index >= 15 is 0 Å². The Morgan fingerprint density at radius 3 is 2.56 bits per heavy atom. The number of hydrogen-bond donors (Lipinski definition) is 0. The Balaban J connectivity index is 2.65. The Bertz CT molecular complexity index is 526. The fourth-order valence-corrected chi connectivity index (χ4v) is 3.04. The largest absolute Gasteiger partial charge is 0.235 e. The molecule has 0 aliphatic heterocycles. The van der Waals surface area contributed by atoms with Crippen LogP contribution in [0.3, 0.4) is 0 Å². The lowest BCUT2D eigenvalue weighted by atomic mass is 10.2. The molecule has 1 aromatic heterocycles. The van der Waals surface area contributed by atoms with Gasteiger partial charge in [0.15, 0.2) is 0 Å². The summed E-state index contributed by atoms with van der Waals surface area (Å²) in [5, 5.41) is 2.58. The van der Waals surface area contributed by atoms with E-state index in [1.165, 1.54) is 0 Å². The van der Waals surface area contributed by atoms with Crippen LogP contribution in [0.15, 0.2) is 29.2 Å². The molecule has 1 heterocycles. The van der Waals surface area contributed by atoms with Crippen LogP contribution in [0.2, 0.25) is 10.2 Å². The minimum atomic E-state index is 0.429. The highest BCUT2D eigenvalue weighted by Gasteiger charge is 2.13. The van der Waals surface area contributed by atoms with E-state index in [9.17, 15) is 0 Å². The van der Waals surface area contributed by atoms with Crippen molar-refractivity contribution >= 4 is 45.9 Å². The number of nitrogens with zero attached hydrogens (tertiary/aromatic N) is 1. The van der Waals surface area contributed by atoms with Gasteiger partial charge in [-0.25, -0.2) is 4.98 Å². The molecule has 0 N–H and O–H groups in total. The normalized spacial score (nSPS) is 11.3. The molecule has 0 fully saturated rings. The number of para-hydroxylation sites is 1. The molecule has 1 nitrogen and oxygen atoms in total. The maximum atomic E-state index is 6.35. The lowest BCUT2D eigenvalue weighted by Gasteiger charge is -2.10. The van der Waals surface area contributed by atoms with Gasteiger partial charge in [-0.1, -0.05) is 55.2 Å². The predicted molar refractivity (Wildman–Crippen MR) is 72.8 cm³/mol. The molecule has 0 aliphatic carbocycles. The van der Waals surface area contributed by atoms with E-state index in [4.69, 9.17) is 23.2 Å². The van der Waals surface area contributed by atoms with E-state index in [1.54, 1.807) is 11.8 Å². The van der Waals surface area contributed by atoms with Crippen molar-refractivity contribution in [1.29, 1.82) is 0 Å². The molecule has 0 bridgehead atoms. The highest BCUT2D eigenvalue weighted by Crippen LogP contribution is 2.39. The summed E-state index contributed by atoms with van der Waals surface area (Å²) in [5.41, 5.74) is 0.839. The van der Waals surface area contributed by atoms with Gasteiger partial charge in [0, 0.05) is 10.6 Å². The summed E-state index contributed by atoms with van der Waals surface area (Å²) in [6.45, 7) is 4.21. The Hall–Kier alpha value is -0.440. The summed E-state index contributed by atoms with van der Waals surface area (Å²) >= 11 is 14.1. The minimum absolute atomic E-state index is 0.429. The second-order valence-corrected chi connectivity index (χ2v) is 6.05. The maximum absolute atomic E-state index is 6.35. The van der Waals surface area contributed by atoms with E-state index in [-0.39, 0.29) is 0 Å². The molecule has 0 unspecified atom stereocenters. The van der Waals surface area contributed by atoms with Gasteiger partial charge in [-0.05, 0) is 6.07 Å². The minimum Gasteiger partial charge on any atom is -0.235 e. The van der Waals surface area contributed by atoms with Crippen LogP contribution in [-0.2, 0) is 0 Å². The molecule has 1 aromatic carbocycles. The molecule has 0 saturated carbocycles. The number of halogens is 2. The van der Waals surface area contributed by atoms with Crippen LogP contribution < -0.4 is 0 Å². The fourth-order valence-electron chi connectivity index (χ4n) is 1.46. The van der Waals surface area contributed by atoms with Crippen molar-refractivity contribution in [2.24, 2.45) is 0 Å². The SMILES string of the molecule is CC(C)Sc1c(Cl)nc2ccccc2c1Cl. The summed E-state index contributed by atoms with van der Waals surface area (Å²) in [6, 6.07) is 7.76. The molecule has 0 saturated heterocycles. The Morgan fingerprint density at radius 2 is 1.88 bits per heavy atom. The van der Waals surface area contributed by atoms with E-state index in [0.717, 1.165) is 15.8 Å². The van der Waals surface area contributed by atoms with Crippen LogP contribution in [0.25, 0.3) is 10.9 Å². The van der Waals surface area contributed by atoms with Gasteiger partial charge >= 0.3 is 0 Å². The van der Waals surface area contributed by atoms with Gasteiger partial charge in [0.25, 0.3) is 0 Å². The molecule has 0 amide bonds. The lowest BCUT2D eigenvalue weighted by Crippen LogP contribution is -1.91. The number of rotatable bonds is 2. The third-order valence-corrected chi connectivity index (χ3v) is 4.09. The second kappa shape index (κ2) is 4.82. The van der Waals surface area contributed by atoms with Crippen LogP contribution in [0.5, 0.6) is 0 Å². The number of pyridine rings is 1. The highest BCUT2D eigenvalue weighted by atomic mass is 35.5. The second-order valence-electron chi connectivity index (χ2n) is 3.73. The first-order chi connectivity index (χ1) is 7.59. The first-order valence-electron chi connectivity index (χ1n) is 5.00. The molecule has 2 aromatic rings. The zero-order chi connectivity index (χ0) is 11.7. The van der Waals surface area contributed by atoms with Gasteiger partial charge in [-0.15, -0.1) is 11.8 Å². The summed E-state index contributed by atoms with van der Waals surface area (Å²) in [6.07, 6.45) is 0. The molecular weight excluding hydrogens is 261 g/mol. The van der Waals surface area contributed by atoms with Crippen molar-refractivity contribution in [2.45, 2.75) is 24.0 Å². The molecule has 0 atom stereocenters. The highest BCUT2D eigenvalue weighted by molar-refractivity contribution is 8.00. The molecule has 0 aliphatic rings. The third-order valence-electron chi connectivity index (χ3n) is 2.10. The van der Waals surface area contributed by atoms with Gasteiger partial charge in [0.2, 0.25) is 0 Å². The van der Waals surface area contributed by atoms with Crippen molar-refractivity contribution < 1.29 is 0 Å². The summed E-state index contributed by atoms with van der Waals surface area (Å²) in [5.74, 6) is 0. The number of hydrogen-bond acceptors (Lipinski definition) is 2. The molecule has 16 heavy (non-hydrogen) atoms. The quantitative estimate of drug-likeness (QED) is 0.561. The van der Waals surface area contributed by atoms with Crippen LogP contribution in [0.1, 0.15) is 13.8 Å². The predicted octanol–water partition coefficient (Wildman–Crippen LogP) is 5.04. The maximum Gasteiger partial charge on any atom is 0.144 e. The van der Waals surface area contributed by atoms with Crippen molar-refractivity contribution in [3.63, 3.8) is 0 Å². The van der Waals surface area contributed by atoms with E-state index in [2.05, 4.69) is 18.8 Å². The zero-order valence-corrected chi connectivity index (χ0v) is 11.3. The number of fused-ring (bicyclic) bond motifs is 1. The van der Waals surface area contributed by atoms with E-state index in [1.807, 2.05) is 24.3 Å². The molecule has 0 spiro atoms. The summed E-state index contributed by atoms with van der Waals surface area (Å²) in [7, 11) is 0. The topological polar surface area (TPSA) is 12.9 Å². The molecule has 0 radical (unpaired) electrons. The van der Waals surface area contributed by atoms with Gasteiger partial charge in [0.1, 0.15) is 5.15 Å². The summed E-state index contributed by atoms with van der Waals surface area (Å²) < 4.78 is 0. The fraction of sp³-hybridized carbons (Fsp3) is 0.250. The van der Waals surface area contributed by atoms with Gasteiger partial charge in [0.05, 0.1) is 15.4 Å².